The molecule has 2 N–H and O–H groups in total. The van der Waals surface area contributed by atoms with Crippen LogP contribution >= 0.6 is 24.2 Å². The lowest BCUT2D eigenvalue weighted by Gasteiger charge is -2.14. The number of halogens is 2. The highest BCUT2D eigenvalue weighted by Gasteiger charge is 2.41. The highest BCUT2D eigenvalue weighted by molar-refractivity contribution is 8.00. The van der Waals surface area contributed by atoms with Crippen LogP contribution in [0.15, 0.2) is 17.3 Å². The fourth-order valence-corrected chi connectivity index (χ4v) is 3.42. The first-order valence-electron chi connectivity index (χ1n) is 6.40. The number of esters is 1. The Morgan fingerprint density at radius 3 is 2.78 bits per heavy atom. The quantitative estimate of drug-likeness (QED) is 0.803. The molecule has 7 nitrogen and oxygen atoms in total. The Labute approximate surface area is 139 Å². The third-order valence-electron chi connectivity index (χ3n) is 3.27. The second-order valence-corrected chi connectivity index (χ2v) is 5.68. The first-order valence-corrected chi connectivity index (χ1v) is 7.28. The number of ether oxygens (including phenoxy) is 1. The number of carbonyl (C=O) groups excluding carboxylic acids is 1. The Bertz CT molecular complexity index is 796. The monoisotopic (exact) mass is 362 g/mol. The number of benzene rings is 1. The highest BCUT2D eigenvalue weighted by atomic mass is 35.5. The lowest BCUT2D eigenvalue weighted by Crippen LogP contribution is -2.26. The maximum Gasteiger partial charge on any atom is 0.338 e. The number of aromatic nitrogens is 2. The maximum atomic E-state index is 14.4. The fraction of sp³-hybridized carbons (Fsp3) is 0.308. The number of carboxylic acid groups (broad SMARTS) is 1. The molecule has 10 heteroatoms. The first kappa shape index (κ1) is 17.5. The van der Waals surface area contributed by atoms with Crippen molar-refractivity contribution in [3.63, 3.8) is 0 Å². The topological polar surface area (TPSA) is 102 Å². The maximum absolute atomic E-state index is 14.4. The molecule has 0 fully saturated rings. The van der Waals surface area contributed by atoms with Crippen molar-refractivity contribution in [3.05, 3.63) is 23.5 Å². The summed E-state index contributed by atoms with van der Waals surface area (Å²) in [4.78, 5) is 26.9. The highest BCUT2D eigenvalue weighted by Crippen LogP contribution is 2.42. The van der Waals surface area contributed by atoms with Gasteiger partial charge in [-0.3, -0.25) is 9.36 Å². The van der Waals surface area contributed by atoms with Gasteiger partial charge in [0.2, 0.25) is 0 Å². The average molecular weight is 363 g/mol. The van der Waals surface area contributed by atoms with Gasteiger partial charge in [0.05, 0.1) is 17.7 Å². The van der Waals surface area contributed by atoms with Gasteiger partial charge in [0, 0.05) is 0 Å². The van der Waals surface area contributed by atoms with Crippen LogP contribution < -0.4 is 0 Å². The van der Waals surface area contributed by atoms with Crippen molar-refractivity contribution in [3.8, 4) is 0 Å². The van der Waals surface area contributed by atoms with Gasteiger partial charge in [-0.15, -0.1) is 12.4 Å². The molecule has 23 heavy (non-hydrogen) atoms. The van der Waals surface area contributed by atoms with Crippen molar-refractivity contribution in [1.29, 1.82) is 0 Å². The van der Waals surface area contributed by atoms with Crippen molar-refractivity contribution >= 4 is 47.1 Å². The molecule has 0 aliphatic carbocycles. The molecule has 1 aromatic heterocycles. The predicted octanol–water partition coefficient (Wildman–Crippen LogP) is 1.82. The molecule has 2 heterocycles. The number of aromatic carboxylic acids is 1. The number of nitrogens with zero attached hydrogens (tertiary/aromatic N) is 2. The summed E-state index contributed by atoms with van der Waals surface area (Å²) in [6.45, 7) is 1.79. The molecule has 0 amide bonds. The zero-order valence-electron chi connectivity index (χ0n) is 11.7. The van der Waals surface area contributed by atoms with E-state index in [0.717, 1.165) is 22.4 Å². The summed E-state index contributed by atoms with van der Waals surface area (Å²) in [5.74, 6) is -3.04. The second-order valence-electron chi connectivity index (χ2n) is 4.57. The smallest absolute Gasteiger partial charge is 0.338 e. The van der Waals surface area contributed by atoms with E-state index in [-0.39, 0.29) is 35.2 Å². The van der Waals surface area contributed by atoms with Gasteiger partial charge >= 0.3 is 11.9 Å². The van der Waals surface area contributed by atoms with Crippen LogP contribution in [-0.2, 0) is 9.53 Å². The van der Waals surface area contributed by atoms with Gasteiger partial charge in [0.1, 0.15) is 5.52 Å². The molecular weight excluding hydrogens is 351 g/mol. The van der Waals surface area contributed by atoms with Gasteiger partial charge < -0.3 is 14.9 Å². The van der Waals surface area contributed by atoms with E-state index in [2.05, 4.69) is 4.98 Å². The number of rotatable bonds is 3. The van der Waals surface area contributed by atoms with Crippen LogP contribution in [0.2, 0.25) is 0 Å². The Kier molecular flexibility index (Phi) is 4.83. The SMILES string of the molecule is CCOC(=O)C1Sc2nc3ccc(C(=O)O)c(F)c3n2C1O.Cl. The van der Waals surface area contributed by atoms with E-state index in [1.165, 1.54) is 6.07 Å². The zero-order valence-corrected chi connectivity index (χ0v) is 13.4. The third kappa shape index (κ3) is 2.64. The number of imidazole rings is 1. The van der Waals surface area contributed by atoms with Crippen LogP contribution in [0.3, 0.4) is 0 Å². The molecule has 0 saturated heterocycles. The van der Waals surface area contributed by atoms with Crippen molar-refractivity contribution in [2.24, 2.45) is 0 Å². The third-order valence-corrected chi connectivity index (χ3v) is 4.46. The minimum Gasteiger partial charge on any atom is -0.478 e. The van der Waals surface area contributed by atoms with Crippen LogP contribution in [0.1, 0.15) is 23.5 Å². The van der Waals surface area contributed by atoms with Crippen LogP contribution in [0.25, 0.3) is 11.0 Å². The van der Waals surface area contributed by atoms with Gasteiger partial charge in [-0.05, 0) is 19.1 Å². The first-order chi connectivity index (χ1) is 10.5. The molecule has 1 aliphatic heterocycles. The zero-order chi connectivity index (χ0) is 16.0. The summed E-state index contributed by atoms with van der Waals surface area (Å²) in [7, 11) is 0. The number of aliphatic hydroxyl groups excluding tert-OH is 1. The molecule has 2 unspecified atom stereocenters. The Morgan fingerprint density at radius 1 is 1.48 bits per heavy atom. The normalized spacial score (nSPS) is 19.3. The van der Waals surface area contributed by atoms with Crippen LogP contribution in [0.5, 0.6) is 0 Å². The number of thioether (sulfide) groups is 1. The molecule has 0 radical (unpaired) electrons. The summed E-state index contributed by atoms with van der Waals surface area (Å²) >= 11 is 0.954. The van der Waals surface area contributed by atoms with Crippen molar-refractivity contribution < 1.29 is 28.9 Å². The van der Waals surface area contributed by atoms with Crippen LogP contribution in [0, 0.1) is 5.82 Å². The van der Waals surface area contributed by atoms with Crippen molar-refractivity contribution in [2.45, 2.75) is 23.6 Å². The van der Waals surface area contributed by atoms with E-state index in [4.69, 9.17) is 9.84 Å². The summed E-state index contributed by atoms with van der Waals surface area (Å²) in [5.41, 5.74) is -0.444. The summed E-state index contributed by atoms with van der Waals surface area (Å²) < 4.78 is 20.4. The van der Waals surface area contributed by atoms with E-state index in [1.54, 1.807) is 6.92 Å². The summed E-state index contributed by atoms with van der Waals surface area (Å²) in [6, 6.07) is 2.47. The minimum atomic E-state index is -1.42. The second kappa shape index (κ2) is 6.34. The van der Waals surface area contributed by atoms with Gasteiger partial charge in [-0.25, -0.2) is 14.2 Å². The van der Waals surface area contributed by atoms with E-state index in [0.29, 0.717) is 0 Å². The van der Waals surface area contributed by atoms with Crippen molar-refractivity contribution in [1.82, 2.24) is 9.55 Å². The molecule has 2 atom stereocenters. The number of carbonyl (C=O) groups is 2. The number of carboxylic acids is 1. The molecule has 3 rings (SSSR count). The largest absolute Gasteiger partial charge is 0.478 e. The Hall–Kier alpha value is -1.84. The van der Waals surface area contributed by atoms with E-state index < -0.39 is 34.8 Å². The number of hydrogen-bond acceptors (Lipinski definition) is 6. The van der Waals surface area contributed by atoms with Gasteiger partial charge in [-0.2, -0.15) is 0 Å². The predicted molar refractivity (Wildman–Crippen MR) is 81.4 cm³/mol. The summed E-state index contributed by atoms with van der Waals surface area (Å²) in [5, 5.41) is 18.5. The van der Waals surface area contributed by atoms with E-state index in [9.17, 15) is 19.1 Å². The molecule has 0 bridgehead atoms. The number of fused-ring (bicyclic) bond motifs is 3. The lowest BCUT2D eigenvalue weighted by atomic mass is 10.2. The van der Waals surface area contributed by atoms with Crippen molar-refractivity contribution in [2.75, 3.05) is 6.61 Å². The molecule has 0 saturated carbocycles. The molecule has 124 valence electrons. The van der Waals surface area contributed by atoms with Gasteiger partial charge in [0.15, 0.2) is 22.5 Å². The van der Waals surface area contributed by atoms with E-state index in [1.807, 2.05) is 0 Å². The van der Waals surface area contributed by atoms with E-state index >= 15 is 0 Å². The molecule has 1 aliphatic rings. The summed E-state index contributed by atoms with van der Waals surface area (Å²) in [6.07, 6.45) is -1.37. The fourth-order valence-electron chi connectivity index (χ4n) is 2.32. The Morgan fingerprint density at radius 2 is 2.17 bits per heavy atom. The molecule has 2 aromatic rings. The van der Waals surface area contributed by atoms with Crippen LogP contribution in [0.4, 0.5) is 4.39 Å². The Balaban J connectivity index is 0.00000192. The molecule has 0 spiro atoms. The molecular formula is C13H12ClFN2O5S. The van der Waals surface area contributed by atoms with Gasteiger partial charge in [0.25, 0.3) is 0 Å². The van der Waals surface area contributed by atoms with Crippen LogP contribution in [-0.4, -0.2) is 43.6 Å². The number of aliphatic hydroxyl groups is 1. The number of hydrogen-bond donors (Lipinski definition) is 2. The molecule has 1 aromatic carbocycles. The minimum absolute atomic E-state index is 0. The average Bonchev–Trinajstić information content (AvgIpc) is 2.96. The lowest BCUT2D eigenvalue weighted by molar-refractivity contribution is -0.145. The van der Waals surface area contributed by atoms with Gasteiger partial charge in [-0.1, -0.05) is 11.8 Å². The standard InChI is InChI=1S/C13H11FN2O5S.ClH/c1-2-21-12(20)9-10(17)16-8-6(15-13(16)22-9)4-3-5(7(8)14)11(18)19;/h3-4,9-10,17H,2H2,1H3,(H,18,19);1H.